The number of halogens is 1. The van der Waals surface area contributed by atoms with Gasteiger partial charge in [-0.05, 0) is 31.0 Å². The number of hydrogen-bond donors (Lipinski definition) is 1. The Morgan fingerprint density at radius 2 is 2.31 bits per heavy atom. The molecule has 1 aromatic rings. The summed E-state index contributed by atoms with van der Waals surface area (Å²) in [5.74, 6) is -0.582. The molecule has 0 bridgehead atoms. The molecule has 2 rings (SSSR count). The van der Waals surface area contributed by atoms with E-state index in [2.05, 4.69) is 0 Å². The number of amides is 1. The zero-order valence-electron chi connectivity index (χ0n) is 9.11. The predicted molar refractivity (Wildman–Crippen MR) is 57.7 cm³/mol. The molecule has 1 N–H and O–H groups in total. The Labute approximate surface area is 93.5 Å². The standard InChI is InChI=1S/C12H14FNO2/c1-8-2-3-9(6-11(8)13)12(16)14-5-4-10(15)7-14/h2-3,6,10,15H,4-5,7H2,1H3/t10-/m0/s1. The van der Waals surface area contributed by atoms with Crippen molar-refractivity contribution < 1.29 is 14.3 Å². The maximum Gasteiger partial charge on any atom is 0.254 e. The molecular formula is C12H14FNO2. The average molecular weight is 223 g/mol. The number of aliphatic hydroxyl groups excluding tert-OH is 1. The summed E-state index contributed by atoms with van der Waals surface area (Å²) >= 11 is 0. The number of carbonyl (C=O) groups excluding carboxylic acids is 1. The first-order valence-electron chi connectivity index (χ1n) is 5.31. The summed E-state index contributed by atoms with van der Waals surface area (Å²) < 4.78 is 13.3. The minimum atomic E-state index is -0.445. The van der Waals surface area contributed by atoms with Gasteiger partial charge >= 0.3 is 0 Å². The van der Waals surface area contributed by atoms with Crippen LogP contribution in [0.4, 0.5) is 4.39 Å². The summed E-state index contributed by atoms with van der Waals surface area (Å²) in [6, 6.07) is 4.46. The minimum absolute atomic E-state index is 0.213. The molecular weight excluding hydrogens is 209 g/mol. The van der Waals surface area contributed by atoms with E-state index in [-0.39, 0.29) is 11.7 Å². The molecule has 1 aromatic carbocycles. The summed E-state index contributed by atoms with van der Waals surface area (Å²) in [6.07, 6.45) is 0.152. The quantitative estimate of drug-likeness (QED) is 0.780. The second-order valence-corrected chi connectivity index (χ2v) is 4.16. The molecule has 0 radical (unpaired) electrons. The Hall–Kier alpha value is -1.42. The van der Waals surface area contributed by atoms with Crippen molar-refractivity contribution in [2.45, 2.75) is 19.4 Å². The highest BCUT2D eigenvalue weighted by Crippen LogP contribution is 2.15. The molecule has 1 saturated heterocycles. The molecule has 1 fully saturated rings. The summed E-state index contributed by atoms with van der Waals surface area (Å²) in [6.45, 7) is 2.53. The van der Waals surface area contributed by atoms with Gasteiger partial charge in [-0.3, -0.25) is 4.79 Å². The highest BCUT2D eigenvalue weighted by atomic mass is 19.1. The van der Waals surface area contributed by atoms with Crippen molar-refractivity contribution in [3.63, 3.8) is 0 Å². The minimum Gasteiger partial charge on any atom is -0.391 e. The highest BCUT2D eigenvalue weighted by molar-refractivity contribution is 5.94. The average Bonchev–Trinajstić information content (AvgIpc) is 2.68. The van der Waals surface area contributed by atoms with Gasteiger partial charge in [0.05, 0.1) is 6.10 Å². The number of β-amino-alcohol motifs (C(OH)–C–C–N with tert-alkyl or cyclic N) is 1. The second kappa shape index (κ2) is 4.22. The van der Waals surface area contributed by atoms with Crippen LogP contribution in [0, 0.1) is 12.7 Å². The van der Waals surface area contributed by atoms with Gasteiger partial charge in [0.2, 0.25) is 0 Å². The third-order valence-electron chi connectivity index (χ3n) is 2.87. The molecule has 1 aliphatic rings. The first-order chi connectivity index (χ1) is 7.58. The van der Waals surface area contributed by atoms with Gasteiger partial charge < -0.3 is 10.0 Å². The maximum atomic E-state index is 13.3. The lowest BCUT2D eigenvalue weighted by atomic mass is 10.1. The van der Waals surface area contributed by atoms with Crippen molar-refractivity contribution >= 4 is 5.91 Å². The monoisotopic (exact) mass is 223 g/mol. The molecule has 16 heavy (non-hydrogen) atoms. The molecule has 1 aliphatic heterocycles. The Morgan fingerprint density at radius 3 is 2.88 bits per heavy atom. The smallest absolute Gasteiger partial charge is 0.254 e. The van der Waals surface area contributed by atoms with Crippen molar-refractivity contribution in [1.29, 1.82) is 0 Å². The van der Waals surface area contributed by atoms with Crippen molar-refractivity contribution in [2.75, 3.05) is 13.1 Å². The van der Waals surface area contributed by atoms with Crippen molar-refractivity contribution in [3.8, 4) is 0 Å². The van der Waals surface area contributed by atoms with E-state index in [0.29, 0.717) is 30.6 Å². The summed E-state index contributed by atoms with van der Waals surface area (Å²) in [4.78, 5) is 13.5. The highest BCUT2D eigenvalue weighted by Gasteiger charge is 2.25. The molecule has 0 aromatic heterocycles. The van der Waals surface area contributed by atoms with Crippen LogP contribution in [0.15, 0.2) is 18.2 Å². The Balaban J connectivity index is 2.18. The normalized spacial score (nSPS) is 20.2. The lowest BCUT2D eigenvalue weighted by Crippen LogP contribution is -2.29. The number of benzene rings is 1. The van der Waals surface area contributed by atoms with Crippen LogP contribution in [0.25, 0.3) is 0 Å². The molecule has 4 heteroatoms. The molecule has 3 nitrogen and oxygen atoms in total. The fourth-order valence-electron chi connectivity index (χ4n) is 1.83. The van der Waals surface area contributed by atoms with E-state index in [9.17, 15) is 14.3 Å². The van der Waals surface area contributed by atoms with Gasteiger partial charge in [-0.25, -0.2) is 4.39 Å². The Kier molecular flexibility index (Phi) is 2.92. The first-order valence-corrected chi connectivity index (χ1v) is 5.31. The molecule has 0 spiro atoms. The number of aryl methyl sites for hydroxylation is 1. The van der Waals surface area contributed by atoms with Crippen LogP contribution in [-0.4, -0.2) is 35.1 Å². The topological polar surface area (TPSA) is 40.5 Å². The van der Waals surface area contributed by atoms with Gasteiger partial charge in [-0.1, -0.05) is 6.07 Å². The Morgan fingerprint density at radius 1 is 1.56 bits per heavy atom. The van der Waals surface area contributed by atoms with Gasteiger partial charge in [0.25, 0.3) is 5.91 Å². The van der Waals surface area contributed by atoms with Crippen molar-refractivity contribution in [2.24, 2.45) is 0 Å². The van der Waals surface area contributed by atoms with Gasteiger partial charge in [0.15, 0.2) is 0 Å². The summed E-state index contributed by atoms with van der Waals surface area (Å²) in [7, 11) is 0. The van der Waals surface area contributed by atoms with E-state index in [1.54, 1.807) is 24.0 Å². The second-order valence-electron chi connectivity index (χ2n) is 4.16. The number of likely N-dealkylation sites (tertiary alicyclic amines) is 1. The lowest BCUT2D eigenvalue weighted by molar-refractivity contribution is 0.0764. The van der Waals surface area contributed by atoms with Crippen molar-refractivity contribution in [1.82, 2.24) is 4.90 Å². The van der Waals surface area contributed by atoms with Crippen molar-refractivity contribution in [3.05, 3.63) is 35.1 Å². The predicted octanol–water partition coefficient (Wildman–Crippen LogP) is 1.34. The van der Waals surface area contributed by atoms with E-state index in [1.165, 1.54) is 6.07 Å². The van der Waals surface area contributed by atoms with Crippen LogP contribution in [-0.2, 0) is 0 Å². The molecule has 1 amide bonds. The third kappa shape index (κ3) is 2.07. The number of carbonyl (C=O) groups is 1. The number of hydrogen-bond acceptors (Lipinski definition) is 2. The van der Waals surface area contributed by atoms with Gasteiger partial charge in [0, 0.05) is 18.7 Å². The van der Waals surface area contributed by atoms with Gasteiger partial charge in [-0.2, -0.15) is 0 Å². The van der Waals surface area contributed by atoms with Crippen LogP contribution in [0.3, 0.4) is 0 Å². The number of nitrogens with zero attached hydrogens (tertiary/aromatic N) is 1. The van der Waals surface area contributed by atoms with E-state index in [1.807, 2.05) is 0 Å². The number of aliphatic hydroxyl groups is 1. The van der Waals surface area contributed by atoms with E-state index >= 15 is 0 Å². The molecule has 1 heterocycles. The van der Waals surface area contributed by atoms with Gasteiger partial charge in [0.1, 0.15) is 5.82 Å². The molecule has 0 saturated carbocycles. The number of rotatable bonds is 1. The first kappa shape index (κ1) is 11.1. The van der Waals surface area contributed by atoms with Crippen LogP contribution >= 0.6 is 0 Å². The van der Waals surface area contributed by atoms with Crippen LogP contribution in [0.5, 0.6) is 0 Å². The largest absolute Gasteiger partial charge is 0.391 e. The molecule has 0 unspecified atom stereocenters. The van der Waals surface area contributed by atoms with Gasteiger partial charge in [-0.15, -0.1) is 0 Å². The summed E-state index contributed by atoms with van der Waals surface area (Å²) in [5, 5.41) is 9.33. The zero-order valence-corrected chi connectivity index (χ0v) is 9.11. The molecule has 1 atom stereocenters. The lowest BCUT2D eigenvalue weighted by Gasteiger charge is -2.15. The zero-order chi connectivity index (χ0) is 11.7. The van der Waals surface area contributed by atoms with E-state index in [4.69, 9.17) is 0 Å². The molecule has 86 valence electrons. The SMILES string of the molecule is Cc1ccc(C(=O)N2CC[C@H](O)C2)cc1F. The summed E-state index contributed by atoms with van der Waals surface area (Å²) in [5.41, 5.74) is 0.871. The third-order valence-corrected chi connectivity index (χ3v) is 2.87. The van der Waals surface area contributed by atoms with Crippen LogP contribution in [0.2, 0.25) is 0 Å². The van der Waals surface area contributed by atoms with Crippen LogP contribution in [0.1, 0.15) is 22.3 Å². The van der Waals surface area contributed by atoms with E-state index < -0.39 is 6.10 Å². The Bertz CT molecular complexity index is 419. The fourth-order valence-corrected chi connectivity index (χ4v) is 1.83. The van der Waals surface area contributed by atoms with Crippen LogP contribution < -0.4 is 0 Å². The van der Waals surface area contributed by atoms with E-state index in [0.717, 1.165) is 0 Å². The molecule has 0 aliphatic carbocycles. The fraction of sp³-hybridized carbons (Fsp3) is 0.417. The maximum absolute atomic E-state index is 13.3.